The zero-order valence-electron chi connectivity index (χ0n) is 18.9. The zero-order chi connectivity index (χ0) is 24.4. The van der Waals surface area contributed by atoms with Crippen LogP contribution in [0.3, 0.4) is 0 Å². The van der Waals surface area contributed by atoms with Gasteiger partial charge in [-0.2, -0.15) is 0 Å². The summed E-state index contributed by atoms with van der Waals surface area (Å²) in [5.74, 6) is 0.189. The van der Waals surface area contributed by atoms with Gasteiger partial charge in [0.25, 0.3) is 5.56 Å². The van der Waals surface area contributed by atoms with Crippen LogP contribution in [0.1, 0.15) is 40.4 Å². The molecule has 0 saturated heterocycles. The molecule has 0 saturated carbocycles. The molecule has 0 aliphatic carbocycles. The lowest BCUT2D eigenvalue weighted by molar-refractivity contribution is -0.138. The molecule has 0 radical (unpaired) electrons. The van der Waals surface area contributed by atoms with Crippen LogP contribution >= 0.6 is 11.3 Å². The first-order valence-corrected chi connectivity index (χ1v) is 11.2. The maximum absolute atomic E-state index is 13.5. The number of allylic oxidation sites excluding steroid dienone is 1. The number of benzene rings is 1. The molecule has 9 heteroatoms. The molecular weight excluding hydrogens is 456 g/mol. The van der Waals surface area contributed by atoms with E-state index in [0.29, 0.717) is 31.9 Å². The summed E-state index contributed by atoms with van der Waals surface area (Å²) in [7, 11) is 1.30. The van der Waals surface area contributed by atoms with Crippen LogP contribution in [0.25, 0.3) is 6.08 Å². The van der Waals surface area contributed by atoms with Crippen molar-refractivity contribution < 1.29 is 23.5 Å². The molecule has 0 bridgehead atoms. The molecule has 0 amide bonds. The van der Waals surface area contributed by atoms with Gasteiger partial charge < -0.3 is 13.9 Å². The Morgan fingerprint density at radius 1 is 1.18 bits per heavy atom. The number of furan rings is 1. The Bertz CT molecular complexity index is 1490. The third-order valence-electron chi connectivity index (χ3n) is 5.26. The van der Waals surface area contributed by atoms with E-state index in [1.54, 1.807) is 43.3 Å². The third-order valence-corrected chi connectivity index (χ3v) is 6.24. The van der Waals surface area contributed by atoms with Crippen LogP contribution in [0.5, 0.6) is 0 Å². The molecule has 2 aromatic heterocycles. The maximum Gasteiger partial charge on any atom is 0.338 e. The number of hydrogen-bond acceptors (Lipinski definition) is 8. The average Bonchev–Trinajstić information content (AvgIpc) is 3.38. The van der Waals surface area contributed by atoms with Gasteiger partial charge in [0.1, 0.15) is 18.1 Å². The van der Waals surface area contributed by atoms with E-state index in [9.17, 15) is 14.4 Å². The van der Waals surface area contributed by atoms with Gasteiger partial charge in [-0.25, -0.2) is 14.6 Å². The van der Waals surface area contributed by atoms with Crippen LogP contribution in [0, 0.1) is 6.92 Å². The van der Waals surface area contributed by atoms with Crippen LogP contribution in [0.15, 0.2) is 74.5 Å². The summed E-state index contributed by atoms with van der Waals surface area (Å²) in [5, 5.41) is 0. The molecule has 1 atom stereocenters. The molecule has 1 aromatic carbocycles. The molecule has 0 fully saturated rings. The van der Waals surface area contributed by atoms with E-state index in [0.717, 1.165) is 5.76 Å². The lowest BCUT2D eigenvalue weighted by atomic mass is 9.95. The van der Waals surface area contributed by atoms with Gasteiger partial charge in [-0.3, -0.25) is 9.36 Å². The molecule has 8 nitrogen and oxygen atoms in total. The van der Waals surface area contributed by atoms with Crippen molar-refractivity contribution in [2.45, 2.75) is 19.9 Å². The molecule has 0 spiro atoms. The van der Waals surface area contributed by atoms with E-state index < -0.39 is 18.0 Å². The van der Waals surface area contributed by atoms with Gasteiger partial charge in [0.05, 0.1) is 34.5 Å². The second kappa shape index (κ2) is 9.48. The number of aromatic nitrogens is 1. The van der Waals surface area contributed by atoms with Crippen molar-refractivity contribution in [3.63, 3.8) is 0 Å². The Morgan fingerprint density at radius 2 is 1.91 bits per heavy atom. The fraction of sp³-hybridized carbons (Fsp3) is 0.200. The molecule has 1 aliphatic heterocycles. The van der Waals surface area contributed by atoms with Gasteiger partial charge in [0.2, 0.25) is 0 Å². The van der Waals surface area contributed by atoms with Crippen LogP contribution in [0.4, 0.5) is 0 Å². The minimum atomic E-state index is -0.791. The number of nitrogens with zero attached hydrogens (tertiary/aromatic N) is 2. The quantitative estimate of drug-likeness (QED) is 0.399. The van der Waals surface area contributed by atoms with Gasteiger partial charge >= 0.3 is 11.9 Å². The molecule has 1 aliphatic rings. The van der Waals surface area contributed by atoms with Crippen molar-refractivity contribution >= 4 is 29.4 Å². The van der Waals surface area contributed by atoms with Gasteiger partial charge in [-0.15, -0.1) is 0 Å². The number of fused-ring (bicyclic) bond motifs is 1. The number of aryl methyl sites for hydroxylation is 1. The second-order valence-electron chi connectivity index (χ2n) is 7.53. The minimum absolute atomic E-state index is 0.0197. The SMILES string of the molecule is C=CCOC(=O)C1=C(C)N=c2sc(=Cc3ccc(C)o3)c(=O)n2C1c1ccc(C(=O)OC)cc1. The van der Waals surface area contributed by atoms with Crippen LogP contribution in [-0.2, 0) is 14.3 Å². The number of carbonyl (C=O) groups is 2. The van der Waals surface area contributed by atoms with Crippen molar-refractivity contribution in [1.82, 2.24) is 4.57 Å². The summed E-state index contributed by atoms with van der Waals surface area (Å²) in [6.07, 6.45) is 3.12. The number of thiazole rings is 1. The summed E-state index contributed by atoms with van der Waals surface area (Å²) in [6, 6.07) is 9.34. The Labute approximate surface area is 198 Å². The van der Waals surface area contributed by atoms with Gasteiger partial charge in [-0.05, 0) is 43.7 Å². The van der Waals surface area contributed by atoms with Crippen LogP contribution in [-0.4, -0.2) is 30.2 Å². The molecule has 4 rings (SSSR count). The van der Waals surface area contributed by atoms with Crippen molar-refractivity contribution in [1.29, 1.82) is 0 Å². The van der Waals surface area contributed by atoms with E-state index in [1.807, 2.05) is 13.0 Å². The normalized spacial score (nSPS) is 15.5. The van der Waals surface area contributed by atoms with E-state index in [1.165, 1.54) is 29.1 Å². The first kappa shape index (κ1) is 23.2. The number of rotatable bonds is 6. The van der Waals surface area contributed by atoms with Gasteiger partial charge in [-0.1, -0.05) is 36.1 Å². The third kappa shape index (κ3) is 4.29. The summed E-state index contributed by atoms with van der Waals surface area (Å²) < 4.78 is 17.5. The first-order valence-electron chi connectivity index (χ1n) is 10.4. The smallest absolute Gasteiger partial charge is 0.338 e. The van der Waals surface area contributed by atoms with E-state index >= 15 is 0 Å². The minimum Gasteiger partial charge on any atom is -0.465 e. The molecule has 34 heavy (non-hydrogen) atoms. The van der Waals surface area contributed by atoms with Gasteiger partial charge in [0, 0.05) is 6.08 Å². The van der Waals surface area contributed by atoms with Crippen molar-refractivity contribution in [3.05, 3.63) is 103 Å². The predicted molar refractivity (Wildman–Crippen MR) is 126 cm³/mol. The lowest BCUT2D eigenvalue weighted by Gasteiger charge is -2.24. The Balaban J connectivity index is 1.91. The number of ether oxygens (including phenoxy) is 2. The molecule has 1 unspecified atom stereocenters. The van der Waals surface area contributed by atoms with E-state index in [2.05, 4.69) is 11.6 Å². The predicted octanol–water partition coefficient (Wildman–Crippen LogP) is 2.65. The average molecular weight is 479 g/mol. The summed E-state index contributed by atoms with van der Waals surface area (Å²) in [6.45, 7) is 7.12. The highest BCUT2D eigenvalue weighted by Gasteiger charge is 2.33. The molecular formula is C25H22N2O6S. The zero-order valence-corrected chi connectivity index (χ0v) is 19.7. The number of methoxy groups -OCH3 is 1. The Morgan fingerprint density at radius 3 is 2.53 bits per heavy atom. The maximum atomic E-state index is 13.5. The number of carbonyl (C=O) groups excluding carboxylic acids is 2. The van der Waals surface area contributed by atoms with Crippen LogP contribution in [0.2, 0.25) is 0 Å². The van der Waals surface area contributed by atoms with Crippen molar-refractivity contribution in [2.75, 3.05) is 13.7 Å². The standard InChI is InChI=1S/C25H22N2O6S/c1-5-12-32-24(30)20-15(3)26-25-27(21(20)16-7-9-17(10-8-16)23(29)31-4)22(28)19(34-25)13-18-11-6-14(2)33-18/h5-11,13,21H,1,12H2,2-4H3. The number of esters is 2. The van der Waals surface area contributed by atoms with E-state index in [4.69, 9.17) is 13.9 Å². The molecule has 3 aromatic rings. The monoisotopic (exact) mass is 478 g/mol. The highest BCUT2D eigenvalue weighted by Crippen LogP contribution is 2.31. The largest absolute Gasteiger partial charge is 0.465 e. The van der Waals surface area contributed by atoms with Gasteiger partial charge in [0.15, 0.2) is 4.80 Å². The fourth-order valence-electron chi connectivity index (χ4n) is 3.69. The molecule has 3 heterocycles. The summed E-state index contributed by atoms with van der Waals surface area (Å²) in [5.41, 5.74) is 1.33. The summed E-state index contributed by atoms with van der Waals surface area (Å²) in [4.78, 5) is 43.3. The number of hydrogen-bond donors (Lipinski definition) is 0. The van der Waals surface area contributed by atoms with Crippen molar-refractivity contribution in [3.8, 4) is 0 Å². The van der Waals surface area contributed by atoms with Crippen LogP contribution < -0.4 is 14.9 Å². The first-order chi connectivity index (χ1) is 16.3. The summed E-state index contributed by atoms with van der Waals surface area (Å²) >= 11 is 1.20. The van der Waals surface area contributed by atoms with Crippen molar-refractivity contribution in [2.24, 2.45) is 4.99 Å². The van der Waals surface area contributed by atoms with E-state index in [-0.39, 0.29) is 17.7 Å². The topological polar surface area (TPSA) is 100 Å². The fourth-order valence-corrected chi connectivity index (χ4v) is 4.72. The highest BCUT2D eigenvalue weighted by atomic mass is 32.1. The Kier molecular flexibility index (Phi) is 6.47. The lowest BCUT2D eigenvalue weighted by Crippen LogP contribution is -2.40. The molecule has 174 valence electrons. The highest BCUT2D eigenvalue weighted by molar-refractivity contribution is 7.07. The Hall–Kier alpha value is -3.98. The second-order valence-corrected chi connectivity index (χ2v) is 8.54. The molecule has 0 N–H and O–H groups in total.